The molecule has 0 atom stereocenters. The number of hydrogen-bond donors (Lipinski definition) is 1. The minimum absolute atomic E-state index is 0.656. The largest absolute Gasteiger partial charge is 0.494 e. The van der Waals surface area contributed by atoms with E-state index in [1.54, 1.807) is 0 Å². The van der Waals surface area contributed by atoms with E-state index in [4.69, 9.17) is 22.1 Å². The topological polar surface area (TPSA) is 42.3 Å². The number of aryl methyl sites for hydroxylation is 1. The van der Waals surface area contributed by atoms with Crippen molar-refractivity contribution in [3.8, 4) is 11.4 Å². The molecule has 0 saturated heterocycles. The fraction of sp³-hybridized carbons (Fsp3) is 0.273. The highest BCUT2D eigenvalue weighted by atomic mass is 32.1. The highest BCUT2D eigenvalue weighted by Crippen LogP contribution is 2.20. The van der Waals surface area contributed by atoms with Crippen molar-refractivity contribution >= 4 is 23.0 Å². The lowest BCUT2D eigenvalue weighted by Gasteiger charge is -2.21. The van der Waals surface area contributed by atoms with Crippen molar-refractivity contribution in [3.05, 3.63) is 71.5 Å². The molecule has 28 heavy (non-hydrogen) atoms. The summed E-state index contributed by atoms with van der Waals surface area (Å²) in [6.45, 7) is 7.45. The Kier molecular flexibility index (Phi) is 6.31. The van der Waals surface area contributed by atoms with Crippen LogP contribution in [0.15, 0.2) is 54.6 Å². The van der Waals surface area contributed by atoms with Gasteiger partial charge in [-0.3, -0.25) is 0 Å². The molecule has 0 bridgehead atoms. The molecule has 0 unspecified atom stereocenters. The lowest BCUT2D eigenvalue weighted by molar-refractivity contribution is 0.340. The zero-order valence-corrected chi connectivity index (χ0v) is 17.6. The van der Waals surface area contributed by atoms with Crippen LogP contribution in [0.3, 0.4) is 0 Å². The van der Waals surface area contributed by atoms with Crippen LogP contribution < -0.4 is 10.1 Å². The Morgan fingerprint density at radius 1 is 1.11 bits per heavy atom. The molecule has 1 N–H and O–H groups in total. The Labute approximate surface area is 171 Å². The summed E-state index contributed by atoms with van der Waals surface area (Å²) in [4.78, 5) is 2.03. The van der Waals surface area contributed by atoms with Crippen molar-refractivity contribution in [1.82, 2.24) is 14.7 Å². The van der Waals surface area contributed by atoms with Gasteiger partial charge in [0.25, 0.3) is 0 Å². The van der Waals surface area contributed by atoms with Gasteiger partial charge < -0.3 is 15.0 Å². The van der Waals surface area contributed by atoms with Crippen LogP contribution in [0.4, 0.5) is 5.69 Å². The van der Waals surface area contributed by atoms with E-state index in [0.717, 1.165) is 28.5 Å². The standard InChI is InChI=1S/C22H26N4OS/c1-5-27-20-13-11-18(12-14-20)23-22(28)25(4)15-21-16(2)24-26(17(21)3)19-9-7-6-8-10-19/h6-14H,5,15H2,1-4H3,(H,23,28). The first-order chi connectivity index (χ1) is 13.5. The maximum atomic E-state index is 5.59. The molecule has 0 spiro atoms. The summed E-state index contributed by atoms with van der Waals surface area (Å²) in [5, 5.41) is 8.66. The molecule has 2 aromatic carbocycles. The van der Waals surface area contributed by atoms with E-state index < -0.39 is 0 Å². The molecule has 5 nitrogen and oxygen atoms in total. The van der Waals surface area contributed by atoms with Crippen molar-refractivity contribution in [2.45, 2.75) is 27.3 Å². The Morgan fingerprint density at radius 2 is 1.79 bits per heavy atom. The summed E-state index contributed by atoms with van der Waals surface area (Å²) < 4.78 is 7.46. The summed E-state index contributed by atoms with van der Waals surface area (Å²) in [7, 11) is 1.99. The molecule has 3 rings (SSSR count). The van der Waals surface area contributed by atoms with Gasteiger partial charge in [0.2, 0.25) is 0 Å². The van der Waals surface area contributed by atoms with Gasteiger partial charge in [-0.2, -0.15) is 5.10 Å². The van der Waals surface area contributed by atoms with Crippen LogP contribution in [0, 0.1) is 13.8 Å². The summed E-state index contributed by atoms with van der Waals surface area (Å²) in [6.07, 6.45) is 0. The maximum Gasteiger partial charge on any atom is 0.173 e. The predicted octanol–water partition coefficient (Wildman–Crippen LogP) is 4.72. The second-order valence-electron chi connectivity index (χ2n) is 6.64. The van der Waals surface area contributed by atoms with E-state index in [0.29, 0.717) is 18.3 Å². The van der Waals surface area contributed by atoms with E-state index in [2.05, 4.69) is 24.4 Å². The molecule has 0 fully saturated rings. The lowest BCUT2D eigenvalue weighted by Crippen LogP contribution is -2.30. The van der Waals surface area contributed by atoms with Gasteiger partial charge in [0.1, 0.15) is 5.75 Å². The normalized spacial score (nSPS) is 10.6. The van der Waals surface area contributed by atoms with Gasteiger partial charge in [-0.25, -0.2) is 4.68 Å². The number of ether oxygens (including phenoxy) is 1. The van der Waals surface area contributed by atoms with Gasteiger partial charge in [0.05, 0.1) is 18.0 Å². The average molecular weight is 395 g/mol. The van der Waals surface area contributed by atoms with Crippen molar-refractivity contribution in [3.63, 3.8) is 0 Å². The van der Waals surface area contributed by atoms with Gasteiger partial charge in [0.15, 0.2) is 5.11 Å². The molecule has 0 aliphatic rings. The zero-order chi connectivity index (χ0) is 20.1. The molecule has 0 aliphatic heterocycles. The first-order valence-electron chi connectivity index (χ1n) is 9.35. The molecule has 1 heterocycles. The van der Waals surface area contributed by atoms with Crippen molar-refractivity contribution in [2.24, 2.45) is 0 Å². The molecule has 0 aliphatic carbocycles. The number of rotatable bonds is 6. The summed E-state index contributed by atoms with van der Waals surface area (Å²) in [6, 6.07) is 18.0. The molecular weight excluding hydrogens is 368 g/mol. The van der Waals surface area contributed by atoms with Gasteiger partial charge in [-0.15, -0.1) is 0 Å². The van der Waals surface area contributed by atoms with Crippen molar-refractivity contribution in [1.29, 1.82) is 0 Å². The Balaban J connectivity index is 1.69. The van der Waals surface area contributed by atoms with Crippen molar-refractivity contribution in [2.75, 3.05) is 19.0 Å². The van der Waals surface area contributed by atoms with Gasteiger partial charge >= 0.3 is 0 Å². The third-order valence-electron chi connectivity index (χ3n) is 4.60. The monoisotopic (exact) mass is 394 g/mol. The number of para-hydroxylation sites is 1. The molecular formula is C22H26N4OS. The number of nitrogens with zero attached hydrogens (tertiary/aromatic N) is 3. The van der Waals surface area contributed by atoms with E-state index in [9.17, 15) is 0 Å². The minimum Gasteiger partial charge on any atom is -0.494 e. The second-order valence-corrected chi connectivity index (χ2v) is 7.03. The smallest absolute Gasteiger partial charge is 0.173 e. The van der Waals surface area contributed by atoms with E-state index in [1.807, 2.05) is 72.9 Å². The molecule has 6 heteroatoms. The number of anilines is 1. The summed E-state index contributed by atoms with van der Waals surface area (Å²) in [5.74, 6) is 0.854. The van der Waals surface area contributed by atoms with E-state index in [1.165, 1.54) is 5.56 Å². The lowest BCUT2D eigenvalue weighted by atomic mass is 10.2. The second kappa shape index (κ2) is 8.89. The Bertz CT molecular complexity index is 935. The number of hydrogen-bond acceptors (Lipinski definition) is 3. The highest BCUT2D eigenvalue weighted by molar-refractivity contribution is 7.80. The molecule has 1 aromatic heterocycles. The van der Waals surface area contributed by atoms with Crippen LogP contribution >= 0.6 is 12.2 Å². The Morgan fingerprint density at radius 3 is 2.43 bits per heavy atom. The van der Waals surface area contributed by atoms with Crippen LogP contribution in [-0.2, 0) is 6.54 Å². The first kappa shape index (κ1) is 19.9. The van der Waals surface area contributed by atoms with E-state index in [-0.39, 0.29) is 0 Å². The van der Waals surface area contributed by atoms with Crippen LogP contribution in [0.25, 0.3) is 5.69 Å². The Hall–Kier alpha value is -2.86. The number of aromatic nitrogens is 2. The van der Waals surface area contributed by atoms with Gasteiger partial charge in [-0.1, -0.05) is 18.2 Å². The molecule has 146 valence electrons. The van der Waals surface area contributed by atoms with Gasteiger partial charge in [-0.05, 0) is 69.4 Å². The van der Waals surface area contributed by atoms with Crippen LogP contribution in [-0.4, -0.2) is 33.4 Å². The highest BCUT2D eigenvalue weighted by Gasteiger charge is 2.16. The number of benzene rings is 2. The van der Waals surface area contributed by atoms with Crippen LogP contribution in [0.1, 0.15) is 23.9 Å². The zero-order valence-electron chi connectivity index (χ0n) is 16.8. The number of nitrogens with one attached hydrogen (secondary N) is 1. The fourth-order valence-corrected chi connectivity index (χ4v) is 3.24. The fourth-order valence-electron chi connectivity index (χ4n) is 3.05. The van der Waals surface area contributed by atoms with Crippen LogP contribution in [0.2, 0.25) is 0 Å². The average Bonchev–Trinajstić information content (AvgIpc) is 2.98. The molecule has 3 aromatic rings. The SMILES string of the molecule is CCOc1ccc(NC(=S)N(C)Cc2c(C)nn(-c3ccccc3)c2C)cc1. The minimum atomic E-state index is 0.656. The summed E-state index contributed by atoms with van der Waals surface area (Å²) >= 11 is 5.59. The van der Waals surface area contributed by atoms with Crippen LogP contribution in [0.5, 0.6) is 5.75 Å². The quantitative estimate of drug-likeness (QED) is 0.613. The predicted molar refractivity (Wildman–Crippen MR) is 118 cm³/mol. The number of thiocarbonyl (C=S) groups is 1. The van der Waals surface area contributed by atoms with Crippen molar-refractivity contribution < 1.29 is 4.74 Å². The van der Waals surface area contributed by atoms with E-state index >= 15 is 0 Å². The maximum absolute atomic E-state index is 5.59. The third-order valence-corrected chi connectivity index (χ3v) is 5.01. The molecule has 0 radical (unpaired) electrons. The molecule has 0 saturated carbocycles. The van der Waals surface area contributed by atoms with Gasteiger partial charge in [0, 0.05) is 30.5 Å². The third kappa shape index (κ3) is 4.51. The summed E-state index contributed by atoms with van der Waals surface area (Å²) in [5.41, 5.74) is 5.32. The molecule has 0 amide bonds. The first-order valence-corrected chi connectivity index (χ1v) is 9.76.